The molecule has 1 heterocycles. The number of nitrogens with zero attached hydrogens (tertiary/aromatic N) is 1. The maximum absolute atomic E-state index is 13.0. The van der Waals surface area contributed by atoms with Crippen molar-refractivity contribution < 1.29 is 13.6 Å². The number of alkyl halides is 2. The van der Waals surface area contributed by atoms with Gasteiger partial charge in [-0.3, -0.25) is 4.79 Å². The van der Waals surface area contributed by atoms with Gasteiger partial charge in [-0.2, -0.15) is 0 Å². The number of rotatable bonds is 1. The SMILES string of the molecule is Cc1ccc2c(c1)CCC(=O)N2C1CC(F)(F)C1. The van der Waals surface area contributed by atoms with Crippen LogP contribution in [0.5, 0.6) is 0 Å². The third-order valence-electron chi connectivity index (χ3n) is 3.81. The molecule has 0 aromatic heterocycles. The van der Waals surface area contributed by atoms with Crippen LogP contribution in [0.1, 0.15) is 30.4 Å². The Hall–Kier alpha value is -1.45. The Bertz CT molecular complexity index is 505. The van der Waals surface area contributed by atoms with E-state index in [1.165, 1.54) is 0 Å². The van der Waals surface area contributed by atoms with E-state index in [1.807, 2.05) is 25.1 Å². The smallest absolute Gasteiger partial charge is 0.252 e. The average molecular weight is 251 g/mol. The lowest BCUT2D eigenvalue weighted by Crippen LogP contribution is -2.54. The largest absolute Gasteiger partial charge is 0.309 e. The zero-order valence-electron chi connectivity index (χ0n) is 10.2. The summed E-state index contributed by atoms with van der Waals surface area (Å²) in [6.07, 6.45) is 0.742. The van der Waals surface area contributed by atoms with Crippen molar-refractivity contribution in [1.82, 2.24) is 0 Å². The first-order valence-electron chi connectivity index (χ1n) is 6.26. The zero-order chi connectivity index (χ0) is 12.9. The second-order valence-corrected chi connectivity index (χ2v) is 5.31. The van der Waals surface area contributed by atoms with E-state index in [1.54, 1.807) is 4.90 Å². The van der Waals surface area contributed by atoms with Crippen molar-refractivity contribution in [3.05, 3.63) is 29.3 Å². The lowest BCUT2D eigenvalue weighted by atomic mass is 9.84. The minimum Gasteiger partial charge on any atom is -0.309 e. The van der Waals surface area contributed by atoms with Crippen LogP contribution in [0, 0.1) is 6.92 Å². The minimum absolute atomic E-state index is 0.0214. The van der Waals surface area contributed by atoms with E-state index in [-0.39, 0.29) is 24.8 Å². The summed E-state index contributed by atoms with van der Waals surface area (Å²) in [5.74, 6) is -2.61. The first kappa shape index (κ1) is 11.6. The molecule has 0 bridgehead atoms. The van der Waals surface area contributed by atoms with Crippen molar-refractivity contribution in [2.75, 3.05) is 4.90 Å². The normalized spacial score (nSPS) is 22.6. The highest BCUT2D eigenvalue weighted by molar-refractivity contribution is 5.97. The summed E-state index contributed by atoms with van der Waals surface area (Å²) >= 11 is 0. The Labute approximate surface area is 105 Å². The predicted molar refractivity (Wildman–Crippen MR) is 65.0 cm³/mol. The fraction of sp³-hybridized carbons (Fsp3) is 0.500. The molecule has 0 spiro atoms. The van der Waals surface area contributed by atoms with Crippen LogP contribution in [-0.4, -0.2) is 17.9 Å². The second kappa shape index (κ2) is 3.77. The molecule has 1 fully saturated rings. The standard InChI is InChI=1S/C14H15F2NO/c1-9-2-4-12-10(6-9)3-5-13(18)17(12)11-7-14(15,16)8-11/h2,4,6,11H,3,5,7-8H2,1H3. The molecule has 1 aromatic carbocycles. The molecule has 0 unspecified atom stereocenters. The van der Waals surface area contributed by atoms with Gasteiger partial charge in [-0.15, -0.1) is 0 Å². The van der Waals surface area contributed by atoms with Gasteiger partial charge in [0.2, 0.25) is 5.91 Å². The Morgan fingerprint density at radius 3 is 2.67 bits per heavy atom. The Morgan fingerprint density at radius 2 is 2.00 bits per heavy atom. The number of carbonyl (C=O) groups excluding carboxylic acids is 1. The number of fused-ring (bicyclic) bond motifs is 1. The van der Waals surface area contributed by atoms with Crippen LogP contribution >= 0.6 is 0 Å². The van der Waals surface area contributed by atoms with E-state index in [0.29, 0.717) is 6.42 Å². The Balaban J connectivity index is 1.93. The highest BCUT2D eigenvalue weighted by atomic mass is 19.3. The molecule has 1 aliphatic carbocycles. The van der Waals surface area contributed by atoms with E-state index in [4.69, 9.17) is 0 Å². The molecule has 2 aliphatic rings. The van der Waals surface area contributed by atoms with E-state index < -0.39 is 5.92 Å². The number of hydrogen-bond acceptors (Lipinski definition) is 1. The Morgan fingerprint density at radius 1 is 1.28 bits per heavy atom. The van der Waals surface area contributed by atoms with E-state index in [2.05, 4.69) is 0 Å². The second-order valence-electron chi connectivity index (χ2n) is 5.31. The monoisotopic (exact) mass is 251 g/mol. The van der Waals surface area contributed by atoms with Crippen molar-refractivity contribution >= 4 is 11.6 Å². The number of hydrogen-bond donors (Lipinski definition) is 0. The quantitative estimate of drug-likeness (QED) is 0.751. The molecule has 96 valence electrons. The van der Waals surface area contributed by atoms with Crippen molar-refractivity contribution in [1.29, 1.82) is 0 Å². The summed E-state index contributed by atoms with van der Waals surface area (Å²) < 4.78 is 25.9. The van der Waals surface area contributed by atoms with Gasteiger partial charge < -0.3 is 4.90 Å². The molecule has 1 aliphatic heterocycles. The average Bonchev–Trinajstić information content (AvgIpc) is 2.26. The van der Waals surface area contributed by atoms with E-state index in [0.717, 1.165) is 23.2 Å². The molecular formula is C14H15F2NO. The molecule has 4 heteroatoms. The van der Waals surface area contributed by atoms with Crippen molar-refractivity contribution in [3.8, 4) is 0 Å². The highest BCUT2D eigenvalue weighted by Crippen LogP contribution is 2.44. The van der Waals surface area contributed by atoms with Crippen LogP contribution in [0.4, 0.5) is 14.5 Å². The van der Waals surface area contributed by atoms with Gasteiger partial charge in [0.05, 0.1) is 0 Å². The van der Waals surface area contributed by atoms with Gasteiger partial charge in [-0.25, -0.2) is 8.78 Å². The van der Waals surface area contributed by atoms with Gasteiger partial charge in [0.15, 0.2) is 0 Å². The van der Waals surface area contributed by atoms with Crippen molar-refractivity contribution in [3.63, 3.8) is 0 Å². The lowest BCUT2D eigenvalue weighted by molar-refractivity contribution is -0.124. The molecule has 1 aromatic rings. The molecule has 0 saturated heterocycles. The Kier molecular flexibility index (Phi) is 2.44. The third kappa shape index (κ3) is 1.80. The van der Waals surface area contributed by atoms with Gasteiger partial charge in [-0.05, 0) is 25.0 Å². The lowest BCUT2D eigenvalue weighted by Gasteiger charge is -2.44. The van der Waals surface area contributed by atoms with Crippen LogP contribution in [-0.2, 0) is 11.2 Å². The van der Waals surface area contributed by atoms with Gasteiger partial charge in [0.1, 0.15) is 0 Å². The first-order valence-corrected chi connectivity index (χ1v) is 6.26. The number of benzene rings is 1. The summed E-state index contributed by atoms with van der Waals surface area (Å²) in [4.78, 5) is 13.6. The molecule has 2 nitrogen and oxygen atoms in total. The molecule has 1 amide bonds. The number of carbonyl (C=O) groups is 1. The van der Waals surface area contributed by atoms with Gasteiger partial charge in [-0.1, -0.05) is 17.7 Å². The predicted octanol–water partition coefficient (Wildman–Crippen LogP) is 3.07. The number of anilines is 1. The maximum atomic E-state index is 13.0. The summed E-state index contributed by atoms with van der Waals surface area (Å²) in [5, 5.41) is 0. The fourth-order valence-electron chi connectivity index (χ4n) is 2.86. The van der Waals surface area contributed by atoms with Gasteiger partial charge in [0, 0.05) is 31.0 Å². The van der Waals surface area contributed by atoms with E-state index in [9.17, 15) is 13.6 Å². The molecule has 1 saturated carbocycles. The van der Waals surface area contributed by atoms with Gasteiger partial charge in [0.25, 0.3) is 5.92 Å². The third-order valence-corrected chi connectivity index (χ3v) is 3.81. The number of halogens is 2. The number of aryl methyl sites for hydroxylation is 2. The van der Waals surface area contributed by atoms with Crippen LogP contribution in [0.3, 0.4) is 0 Å². The van der Waals surface area contributed by atoms with Gasteiger partial charge >= 0.3 is 0 Å². The highest BCUT2D eigenvalue weighted by Gasteiger charge is 2.50. The van der Waals surface area contributed by atoms with Crippen LogP contribution in [0.15, 0.2) is 18.2 Å². The molecule has 3 rings (SSSR count). The molecule has 18 heavy (non-hydrogen) atoms. The summed E-state index contributed by atoms with van der Waals surface area (Å²) in [5.41, 5.74) is 3.07. The summed E-state index contributed by atoms with van der Waals surface area (Å²) in [6, 6.07) is 5.54. The molecule has 0 N–H and O–H groups in total. The summed E-state index contributed by atoms with van der Waals surface area (Å²) in [7, 11) is 0. The van der Waals surface area contributed by atoms with Crippen LogP contribution < -0.4 is 4.90 Å². The van der Waals surface area contributed by atoms with Crippen molar-refractivity contribution in [2.45, 2.75) is 44.6 Å². The molecule has 0 radical (unpaired) electrons. The van der Waals surface area contributed by atoms with Crippen molar-refractivity contribution in [2.24, 2.45) is 0 Å². The maximum Gasteiger partial charge on any atom is 0.252 e. The topological polar surface area (TPSA) is 20.3 Å². The van der Waals surface area contributed by atoms with Crippen LogP contribution in [0.25, 0.3) is 0 Å². The molecular weight excluding hydrogens is 236 g/mol. The first-order chi connectivity index (χ1) is 8.46. The fourth-order valence-corrected chi connectivity index (χ4v) is 2.86. The molecule has 0 atom stereocenters. The zero-order valence-corrected chi connectivity index (χ0v) is 10.2. The van der Waals surface area contributed by atoms with Crippen LogP contribution in [0.2, 0.25) is 0 Å². The number of amides is 1. The van der Waals surface area contributed by atoms with E-state index >= 15 is 0 Å². The summed E-state index contributed by atoms with van der Waals surface area (Å²) in [6.45, 7) is 2.00. The minimum atomic E-state index is -2.59.